The smallest absolute Gasteiger partial charge is 0.0994 e. The van der Waals surface area contributed by atoms with Crippen molar-refractivity contribution in [2.45, 2.75) is 13.3 Å². The van der Waals surface area contributed by atoms with Crippen molar-refractivity contribution in [3.8, 4) is 0 Å². The summed E-state index contributed by atoms with van der Waals surface area (Å²) in [6.07, 6.45) is 3.44. The van der Waals surface area contributed by atoms with E-state index in [-0.39, 0.29) is 0 Å². The zero-order chi connectivity index (χ0) is 9.52. The van der Waals surface area contributed by atoms with Crippen molar-refractivity contribution in [1.82, 2.24) is 4.90 Å². The molecule has 0 saturated carbocycles. The van der Waals surface area contributed by atoms with Gasteiger partial charge in [-0.2, -0.15) is 0 Å². The van der Waals surface area contributed by atoms with E-state index in [9.17, 15) is 0 Å². The molecule has 1 aliphatic rings. The van der Waals surface area contributed by atoms with Gasteiger partial charge in [-0.3, -0.25) is 4.90 Å². The van der Waals surface area contributed by atoms with Crippen LogP contribution in [0.15, 0.2) is 11.6 Å². The van der Waals surface area contributed by atoms with Crippen molar-refractivity contribution in [2.75, 3.05) is 40.1 Å². The third kappa shape index (κ3) is 4.41. The van der Waals surface area contributed by atoms with Crippen molar-refractivity contribution in [3.05, 3.63) is 11.6 Å². The van der Waals surface area contributed by atoms with Gasteiger partial charge in [0.2, 0.25) is 0 Å². The van der Waals surface area contributed by atoms with E-state index in [1.165, 1.54) is 12.0 Å². The van der Waals surface area contributed by atoms with Crippen LogP contribution in [0.1, 0.15) is 13.3 Å². The number of rotatable bonds is 5. The first kappa shape index (κ1) is 10.7. The van der Waals surface area contributed by atoms with Gasteiger partial charge in [-0.15, -0.1) is 0 Å². The normalized spacial score (nSPS) is 18.8. The molecule has 3 heteroatoms. The maximum absolute atomic E-state index is 5.42. The second kappa shape index (κ2) is 6.13. The zero-order valence-corrected chi connectivity index (χ0v) is 8.58. The molecule has 0 bridgehead atoms. The first-order chi connectivity index (χ1) is 6.33. The fraction of sp³-hybridized carbons (Fsp3) is 0.800. The van der Waals surface area contributed by atoms with Gasteiger partial charge in [0.05, 0.1) is 19.9 Å². The lowest BCUT2D eigenvalue weighted by Gasteiger charge is -2.24. The zero-order valence-electron chi connectivity index (χ0n) is 8.58. The molecule has 0 atom stereocenters. The Labute approximate surface area is 80.3 Å². The highest BCUT2D eigenvalue weighted by Crippen LogP contribution is 2.08. The Morgan fingerprint density at radius 2 is 2.31 bits per heavy atom. The Hall–Kier alpha value is -0.380. The van der Waals surface area contributed by atoms with Gasteiger partial charge in [0, 0.05) is 20.2 Å². The van der Waals surface area contributed by atoms with Crippen molar-refractivity contribution < 1.29 is 9.47 Å². The predicted molar refractivity (Wildman–Crippen MR) is 52.6 cm³/mol. The molecule has 76 valence electrons. The van der Waals surface area contributed by atoms with Crippen LogP contribution in [-0.4, -0.2) is 45.0 Å². The van der Waals surface area contributed by atoms with E-state index < -0.39 is 0 Å². The average Bonchev–Trinajstić information content (AvgIpc) is 2.15. The Balaban J connectivity index is 2.03. The number of nitrogens with zero attached hydrogens (tertiary/aromatic N) is 1. The minimum absolute atomic E-state index is 0.683. The second-order valence-electron chi connectivity index (χ2n) is 3.41. The molecular weight excluding hydrogens is 166 g/mol. The molecule has 0 aromatic carbocycles. The summed E-state index contributed by atoms with van der Waals surface area (Å²) in [4.78, 5) is 2.29. The van der Waals surface area contributed by atoms with Crippen LogP contribution in [0.4, 0.5) is 0 Å². The number of hydrogen-bond acceptors (Lipinski definition) is 3. The first-order valence-corrected chi connectivity index (χ1v) is 4.77. The summed E-state index contributed by atoms with van der Waals surface area (Å²) in [5, 5.41) is 0. The summed E-state index contributed by atoms with van der Waals surface area (Å²) in [5.74, 6) is 0. The lowest BCUT2D eigenvalue weighted by atomic mass is 10.1. The molecule has 0 saturated heterocycles. The number of ether oxygens (including phenoxy) is 2. The molecule has 0 aromatic rings. The molecule has 0 spiro atoms. The van der Waals surface area contributed by atoms with Crippen LogP contribution < -0.4 is 0 Å². The fourth-order valence-electron chi connectivity index (χ4n) is 1.27. The van der Waals surface area contributed by atoms with Gasteiger partial charge in [-0.1, -0.05) is 11.6 Å². The molecule has 1 aliphatic heterocycles. The summed E-state index contributed by atoms with van der Waals surface area (Å²) in [7, 11) is 1.69. The molecular formula is C10H19NO2. The van der Waals surface area contributed by atoms with Crippen LogP contribution in [0.3, 0.4) is 0 Å². The topological polar surface area (TPSA) is 21.7 Å². The monoisotopic (exact) mass is 185 g/mol. The van der Waals surface area contributed by atoms with E-state index in [1.54, 1.807) is 7.11 Å². The van der Waals surface area contributed by atoms with Crippen LogP contribution in [0.5, 0.6) is 0 Å². The third-order valence-electron chi connectivity index (χ3n) is 2.23. The molecule has 0 aliphatic carbocycles. The lowest BCUT2D eigenvalue weighted by Crippen LogP contribution is -2.31. The molecule has 0 radical (unpaired) electrons. The first-order valence-electron chi connectivity index (χ1n) is 4.77. The molecule has 13 heavy (non-hydrogen) atoms. The average molecular weight is 185 g/mol. The minimum Gasteiger partial charge on any atom is -0.382 e. The van der Waals surface area contributed by atoms with Crippen LogP contribution in [0.2, 0.25) is 0 Å². The highest BCUT2D eigenvalue weighted by molar-refractivity contribution is 5.03. The third-order valence-corrected chi connectivity index (χ3v) is 2.23. The summed E-state index contributed by atoms with van der Waals surface area (Å²) in [6.45, 7) is 6.43. The molecule has 0 amide bonds. The molecule has 1 rings (SSSR count). The molecule has 0 unspecified atom stereocenters. The maximum atomic E-state index is 5.42. The van der Waals surface area contributed by atoms with Gasteiger partial charge in [-0.05, 0) is 13.3 Å². The summed E-state index contributed by atoms with van der Waals surface area (Å²) < 4.78 is 10.3. The fourth-order valence-corrected chi connectivity index (χ4v) is 1.27. The quantitative estimate of drug-likeness (QED) is 0.475. The van der Waals surface area contributed by atoms with E-state index >= 15 is 0 Å². The number of methoxy groups -OCH3 is 1. The predicted octanol–water partition coefficient (Wildman–Crippen LogP) is 1.26. The molecule has 0 aromatic heterocycles. The van der Waals surface area contributed by atoms with Gasteiger partial charge in [-0.25, -0.2) is 0 Å². The maximum Gasteiger partial charge on any atom is 0.0994 e. The van der Waals surface area contributed by atoms with Crippen LogP contribution in [-0.2, 0) is 9.47 Å². The Morgan fingerprint density at radius 3 is 2.92 bits per heavy atom. The van der Waals surface area contributed by atoms with E-state index in [1.807, 2.05) is 0 Å². The standard InChI is InChI=1S/C10H19NO2/c1-10-3-5-11(6-4-10)9-13-8-7-12-2/h3H,4-9H2,1-2H3. The summed E-state index contributed by atoms with van der Waals surface area (Å²) in [5.41, 5.74) is 1.49. The summed E-state index contributed by atoms with van der Waals surface area (Å²) >= 11 is 0. The molecule has 0 N–H and O–H groups in total. The Kier molecular flexibility index (Phi) is 5.05. The van der Waals surface area contributed by atoms with Gasteiger partial charge >= 0.3 is 0 Å². The highest BCUT2D eigenvalue weighted by atomic mass is 16.5. The van der Waals surface area contributed by atoms with E-state index in [0.717, 1.165) is 19.8 Å². The molecule has 0 fully saturated rings. The van der Waals surface area contributed by atoms with Gasteiger partial charge in [0.15, 0.2) is 0 Å². The Bertz CT molecular complexity index is 168. The second-order valence-corrected chi connectivity index (χ2v) is 3.41. The lowest BCUT2D eigenvalue weighted by molar-refractivity contribution is 0.00656. The van der Waals surface area contributed by atoms with Gasteiger partial charge < -0.3 is 9.47 Å². The van der Waals surface area contributed by atoms with Gasteiger partial charge in [0.1, 0.15) is 0 Å². The van der Waals surface area contributed by atoms with Crippen molar-refractivity contribution in [1.29, 1.82) is 0 Å². The minimum atomic E-state index is 0.683. The molecule has 1 heterocycles. The van der Waals surface area contributed by atoms with Crippen molar-refractivity contribution >= 4 is 0 Å². The molecule has 3 nitrogen and oxygen atoms in total. The SMILES string of the molecule is COCCOCN1CC=C(C)CC1. The Morgan fingerprint density at radius 1 is 1.46 bits per heavy atom. The van der Waals surface area contributed by atoms with Crippen LogP contribution in [0, 0.1) is 0 Å². The summed E-state index contributed by atoms with van der Waals surface area (Å²) in [6, 6.07) is 0. The largest absolute Gasteiger partial charge is 0.382 e. The van der Waals surface area contributed by atoms with Crippen LogP contribution in [0.25, 0.3) is 0 Å². The van der Waals surface area contributed by atoms with E-state index in [0.29, 0.717) is 13.2 Å². The highest BCUT2D eigenvalue weighted by Gasteiger charge is 2.07. The van der Waals surface area contributed by atoms with Crippen LogP contribution >= 0.6 is 0 Å². The van der Waals surface area contributed by atoms with Gasteiger partial charge in [0.25, 0.3) is 0 Å². The van der Waals surface area contributed by atoms with Crippen molar-refractivity contribution in [2.24, 2.45) is 0 Å². The number of hydrogen-bond donors (Lipinski definition) is 0. The van der Waals surface area contributed by atoms with E-state index in [2.05, 4.69) is 17.9 Å². The van der Waals surface area contributed by atoms with Crippen molar-refractivity contribution in [3.63, 3.8) is 0 Å². The van der Waals surface area contributed by atoms with E-state index in [4.69, 9.17) is 9.47 Å².